The first-order valence-electron chi connectivity index (χ1n) is 4.48. The van der Waals surface area contributed by atoms with E-state index in [4.69, 9.17) is 5.26 Å². The predicted molar refractivity (Wildman–Crippen MR) is 50.2 cm³/mol. The number of benzene rings is 1. The number of hydrogen-bond acceptors (Lipinski definition) is 1. The Bertz CT molecular complexity index is 399. The second-order valence-electron chi connectivity index (χ2n) is 3.53. The van der Waals surface area contributed by atoms with Crippen molar-refractivity contribution in [3.8, 4) is 6.07 Å². The average Bonchev–Trinajstić information content (AvgIpc) is 2.15. The zero-order valence-electron chi connectivity index (χ0n) is 8.39. The lowest BCUT2D eigenvalue weighted by molar-refractivity contribution is -0.138. The molecule has 0 unspecified atom stereocenters. The van der Waals surface area contributed by atoms with Crippen LogP contribution in [0.2, 0.25) is 0 Å². The van der Waals surface area contributed by atoms with Crippen LogP contribution in [0.25, 0.3) is 0 Å². The second-order valence-corrected chi connectivity index (χ2v) is 3.53. The molecule has 15 heavy (non-hydrogen) atoms. The molecule has 4 heteroatoms. The molecule has 80 valence electrons. The molecular formula is C11H10F3N. The molecule has 0 aliphatic carbocycles. The SMILES string of the molecule is CC(C)c1c(C#N)cccc1C(F)(F)F. The minimum absolute atomic E-state index is 0.0764. The van der Waals surface area contributed by atoms with Gasteiger partial charge in [0.25, 0.3) is 0 Å². The molecule has 0 bridgehead atoms. The molecule has 1 aromatic rings. The maximum Gasteiger partial charge on any atom is 0.416 e. The zero-order valence-corrected chi connectivity index (χ0v) is 8.39. The molecule has 0 radical (unpaired) electrons. The van der Waals surface area contributed by atoms with E-state index >= 15 is 0 Å². The molecular weight excluding hydrogens is 203 g/mol. The molecule has 0 amide bonds. The molecule has 0 atom stereocenters. The van der Waals surface area contributed by atoms with E-state index in [0.29, 0.717) is 0 Å². The molecule has 0 saturated carbocycles. The molecule has 1 rings (SSSR count). The normalized spacial score (nSPS) is 11.5. The lowest BCUT2D eigenvalue weighted by atomic mass is 9.92. The Morgan fingerprint density at radius 1 is 1.27 bits per heavy atom. The molecule has 1 nitrogen and oxygen atoms in total. The van der Waals surface area contributed by atoms with E-state index < -0.39 is 11.7 Å². The smallest absolute Gasteiger partial charge is 0.192 e. The third kappa shape index (κ3) is 2.30. The van der Waals surface area contributed by atoms with Crippen molar-refractivity contribution in [1.82, 2.24) is 0 Å². The molecule has 0 heterocycles. The average molecular weight is 213 g/mol. The Balaban J connectivity index is 3.48. The van der Waals surface area contributed by atoms with Crippen LogP contribution in [0.4, 0.5) is 13.2 Å². The molecule has 0 aliphatic heterocycles. The summed E-state index contributed by atoms with van der Waals surface area (Å²) >= 11 is 0. The lowest BCUT2D eigenvalue weighted by Crippen LogP contribution is -2.11. The maximum absolute atomic E-state index is 12.6. The highest BCUT2D eigenvalue weighted by Gasteiger charge is 2.34. The summed E-state index contributed by atoms with van der Waals surface area (Å²) in [4.78, 5) is 0. The fourth-order valence-electron chi connectivity index (χ4n) is 1.53. The first-order valence-corrected chi connectivity index (χ1v) is 4.48. The van der Waals surface area contributed by atoms with E-state index in [0.717, 1.165) is 6.07 Å². The minimum atomic E-state index is -4.40. The van der Waals surface area contributed by atoms with Gasteiger partial charge in [0.15, 0.2) is 0 Å². The van der Waals surface area contributed by atoms with Gasteiger partial charge in [-0.05, 0) is 23.6 Å². The van der Waals surface area contributed by atoms with E-state index in [9.17, 15) is 13.2 Å². The third-order valence-corrected chi connectivity index (χ3v) is 2.11. The van der Waals surface area contributed by atoms with Crippen LogP contribution in [0.15, 0.2) is 18.2 Å². The summed E-state index contributed by atoms with van der Waals surface area (Å²) in [5.41, 5.74) is -0.538. The van der Waals surface area contributed by atoms with Crippen LogP contribution in [-0.2, 0) is 6.18 Å². The van der Waals surface area contributed by atoms with Gasteiger partial charge >= 0.3 is 6.18 Å². The van der Waals surface area contributed by atoms with Gasteiger partial charge in [0, 0.05) is 0 Å². The molecule has 0 aliphatic rings. The van der Waals surface area contributed by atoms with Crippen LogP contribution < -0.4 is 0 Å². The number of hydrogen-bond donors (Lipinski definition) is 0. The third-order valence-electron chi connectivity index (χ3n) is 2.11. The Labute approximate surface area is 86.1 Å². The van der Waals surface area contributed by atoms with Crippen LogP contribution >= 0.6 is 0 Å². The Kier molecular flexibility index (Phi) is 3.04. The monoisotopic (exact) mass is 213 g/mol. The van der Waals surface area contributed by atoms with Gasteiger partial charge in [0.2, 0.25) is 0 Å². The van der Waals surface area contributed by atoms with Gasteiger partial charge in [0.05, 0.1) is 17.2 Å². The van der Waals surface area contributed by atoms with Gasteiger partial charge in [-0.25, -0.2) is 0 Å². The lowest BCUT2D eigenvalue weighted by Gasteiger charge is -2.16. The van der Waals surface area contributed by atoms with Crippen LogP contribution in [0.5, 0.6) is 0 Å². The first-order chi connectivity index (χ1) is 6.88. The summed E-state index contributed by atoms with van der Waals surface area (Å²) in [6, 6.07) is 5.46. The highest BCUT2D eigenvalue weighted by Crippen LogP contribution is 2.36. The molecule has 0 saturated heterocycles. The quantitative estimate of drug-likeness (QED) is 0.697. The summed E-state index contributed by atoms with van der Waals surface area (Å²) in [6.45, 7) is 3.29. The standard InChI is InChI=1S/C11H10F3N/c1-7(2)10-8(6-15)4-3-5-9(10)11(12,13)14/h3-5,7H,1-2H3. The van der Waals surface area contributed by atoms with Gasteiger partial charge in [-0.3, -0.25) is 0 Å². The van der Waals surface area contributed by atoms with Crippen molar-refractivity contribution in [3.05, 3.63) is 34.9 Å². The number of alkyl halides is 3. The van der Waals surface area contributed by atoms with Crippen molar-refractivity contribution in [2.75, 3.05) is 0 Å². The summed E-state index contributed by atoms with van der Waals surface area (Å²) < 4.78 is 37.8. The summed E-state index contributed by atoms with van der Waals surface area (Å²) in [5, 5.41) is 8.74. The highest BCUT2D eigenvalue weighted by molar-refractivity contribution is 5.45. The number of halogens is 3. The van der Waals surface area contributed by atoms with Crippen LogP contribution in [0.1, 0.15) is 36.5 Å². The van der Waals surface area contributed by atoms with E-state index in [2.05, 4.69) is 0 Å². The summed E-state index contributed by atoms with van der Waals surface area (Å²) in [6.07, 6.45) is -4.40. The first kappa shape index (κ1) is 11.6. The fraction of sp³-hybridized carbons (Fsp3) is 0.364. The Hall–Kier alpha value is -1.50. The van der Waals surface area contributed by atoms with E-state index in [1.165, 1.54) is 12.1 Å². The minimum Gasteiger partial charge on any atom is -0.192 e. The zero-order chi connectivity index (χ0) is 11.6. The van der Waals surface area contributed by atoms with Crippen molar-refractivity contribution in [3.63, 3.8) is 0 Å². The number of rotatable bonds is 1. The number of nitriles is 1. The van der Waals surface area contributed by atoms with Gasteiger partial charge in [-0.15, -0.1) is 0 Å². The molecule has 1 aromatic carbocycles. The predicted octanol–water partition coefficient (Wildman–Crippen LogP) is 3.70. The Morgan fingerprint density at radius 2 is 1.87 bits per heavy atom. The second kappa shape index (κ2) is 3.93. The van der Waals surface area contributed by atoms with Gasteiger partial charge in [-0.1, -0.05) is 19.9 Å². The highest BCUT2D eigenvalue weighted by atomic mass is 19.4. The van der Waals surface area contributed by atoms with Crippen molar-refractivity contribution in [2.24, 2.45) is 0 Å². The van der Waals surface area contributed by atoms with E-state index in [-0.39, 0.29) is 17.0 Å². The molecule has 0 fully saturated rings. The van der Waals surface area contributed by atoms with Crippen LogP contribution in [-0.4, -0.2) is 0 Å². The van der Waals surface area contributed by atoms with Crippen LogP contribution in [0, 0.1) is 11.3 Å². The van der Waals surface area contributed by atoms with E-state index in [1.54, 1.807) is 19.9 Å². The van der Waals surface area contributed by atoms with Crippen molar-refractivity contribution in [2.45, 2.75) is 25.9 Å². The number of nitrogens with zero attached hydrogens (tertiary/aromatic N) is 1. The molecule has 0 spiro atoms. The van der Waals surface area contributed by atoms with Crippen molar-refractivity contribution >= 4 is 0 Å². The van der Waals surface area contributed by atoms with Crippen molar-refractivity contribution in [1.29, 1.82) is 5.26 Å². The fourth-order valence-corrected chi connectivity index (χ4v) is 1.53. The maximum atomic E-state index is 12.6. The molecule has 0 N–H and O–H groups in total. The summed E-state index contributed by atoms with van der Waals surface area (Å²) in [5.74, 6) is -0.322. The summed E-state index contributed by atoms with van der Waals surface area (Å²) in [7, 11) is 0. The van der Waals surface area contributed by atoms with Gasteiger partial charge in [0.1, 0.15) is 0 Å². The molecule has 0 aromatic heterocycles. The van der Waals surface area contributed by atoms with Crippen LogP contribution in [0.3, 0.4) is 0 Å². The van der Waals surface area contributed by atoms with Crippen molar-refractivity contribution < 1.29 is 13.2 Å². The van der Waals surface area contributed by atoms with Gasteiger partial charge in [-0.2, -0.15) is 18.4 Å². The van der Waals surface area contributed by atoms with Gasteiger partial charge < -0.3 is 0 Å². The largest absolute Gasteiger partial charge is 0.416 e. The van der Waals surface area contributed by atoms with E-state index in [1.807, 2.05) is 0 Å². The Morgan fingerprint density at radius 3 is 2.27 bits per heavy atom. The topological polar surface area (TPSA) is 23.8 Å².